The Bertz CT molecular complexity index is 427. The van der Waals surface area contributed by atoms with Crippen LogP contribution in [0.3, 0.4) is 0 Å². The van der Waals surface area contributed by atoms with E-state index >= 15 is 0 Å². The van der Waals surface area contributed by atoms with E-state index in [4.69, 9.17) is 10.8 Å². The monoisotopic (exact) mass is 258 g/mol. The van der Waals surface area contributed by atoms with Gasteiger partial charge in [-0.05, 0) is 31.5 Å². The van der Waals surface area contributed by atoms with Crippen LogP contribution in [0.5, 0.6) is 5.75 Å². The molecule has 100 valence electrons. The van der Waals surface area contributed by atoms with Gasteiger partial charge >= 0.3 is 0 Å². The van der Waals surface area contributed by atoms with Crippen LogP contribution < -0.4 is 5.73 Å². The maximum absolute atomic E-state index is 13.2. The van der Waals surface area contributed by atoms with Crippen molar-refractivity contribution in [2.24, 2.45) is 5.73 Å². The number of carbonyl (C=O) groups excluding carboxylic acids is 1. The van der Waals surface area contributed by atoms with Gasteiger partial charge in [-0.1, -0.05) is 0 Å². The van der Waals surface area contributed by atoms with Gasteiger partial charge in [-0.3, -0.25) is 9.69 Å². The number of aromatic hydroxyl groups is 1. The van der Waals surface area contributed by atoms with E-state index in [9.17, 15) is 13.6 Å². The highest BCUT2D eigenvalue weighted by molar-refractivity contribution is 5.75. The molecule has 0 unspecified atom stereocenters. The van der Waals surface area contributed by atoms with E-state index in [1.807, 2.05) is 13.8 Å². The maximum Gasteiger partial charge on any atom is 0.231 e. The van der Waals surface area contributed by atoms with Crippen LogP contribution in [0, 0.1) is 11.6 Å². The number of hydrogen-bond acceptors (Lipinski definition) is 3. The fourth-order valence-electron chi connectivity index (χ4n) is 1.57. The summed E-state index contributed by atoms with van der Waals surface area (Å²) in [5.74, 6) is -3.55. The number of benzene rings is 1. The molecular formula is C12H16F2N2O2. The molecule has 18 heavy (non-hydrogen) atoms. The molecule has 0 saturated heterocycles. The van der Waals surface area contributed by atoms with Crippen molar-refractivity contribution in [3.05, 3.63) is 29.3 Å². The number of phenols is 1. The Labute approximate surface area is 104 Å². The number of halogens is 2. The number of phenolic OH excluding ortho intramolecular Hbond substituents is 1. The summed E-state index contributed by atoms with van der Waals surface area (Å²) >= 11 is 0. The zero-order valence-corrected chi connectivity index (χ0v) is 10.3. The second-order valence-corrected chi connectivity index (χ2v) is 4.37. The lowest BCUT2D eigenvalue weighted by Gasteiger charge is -2.25. The van der Waals surface area contributed by atoms with Crippen molar-refractivity contribution in [3.8, 4) is 5.75 Å². The van der Waals surface area contributed by atoms with Crippen LogP contribution >= 0.6 is 0 Å². The van der Waals surface area contributed by atoms with Crippen molar-refractivity contribution in [2.75, 3.05) is 6.54 Å². The van der Waals surface area contributed by atoms with Crippen LogP contribution in [0.15, 0.2) is 12.1 Å². The highest BCUT2D eigenvalue weighted by atomic mass is 19.1. The molecule has 0 fully saturated rings. The van der Waals surface area contributed by atoms with E-state index in [0.717, 1.165) is 12.1 Å². The van der Waals surface area contributed by atoms with Crippen molar-refractivity contribution < 1.29 is 18.7 Å². The molecule has 0 bridgehead atoms. The van der Waals surface area contributed by atoms with E-state index in [1.165, 1.54) is 0 Å². The molecule has 0 radical (unpaired) electrons. The van der Waals surface area contributed by atoms with Gasteiger partial charge in [-0.2, -0.15) is 0 Å². The smallest absolute Gasteiger partial charge is 0.231 e. The zero-order valence-electron chi connectivity index (χ0n) is 10.3. The van der Waals surface area contributed by atoms with E-state index < -0.39 is 23.3 Å². The maximum atomic E-state index is 13.2. The van der Waals surface area contributed by atoms with Gasteiger partial charge in [0.15, 0.2) is 17.4 Å². The fourth-order valence-corrected chi connectivity index (χ4v) is 1.57. The van der Waals surface area contributed by atoms with Gasteiger partial charge in [0, 0.05) is 12.6 Å². The van der Waals surface area contributed by atoms with Crippen LogP contribution in [0.4, 0.5) is 8.78 Å². The second kappa shape index (κ2) is 5.77. The van der Waals surface area contributed by atoms with Crippen LogP contribution in [-0.4, -0.2) is 28.5 Å². The first-order chi connectivity index (χ1) is 8.31. The molecule has 0 aliphatic rings. The normalized spacial score (nSPS) is 11.2. The minimum atomic E-state index is -1.02. The lowest BCUT2D eigenvalue weighted by molar-refractivity contribution is -0.119. The first-order valence-electron chi connectivity index (χ1n) is 5.50. The highest BCUT2D eigenvalue weighted by Gasteiger charge is 2.15. The molecular weight excluding hydrogens is 242 g/mol. The summed E-state index contributed by atoms with van der Waals surface area (Å²) in [7, 11) is 0. The van der Waals surface area contributed by atoms with Gasteiger partial charge in [0.05, 0.1) is 6.54 Å². The number of amides is 1. The summed E-state index contributed by atoms with van der Waals surface area (Å²) in [5, 5.41) is 8.98. The predicted octanol–water partition coefficient (Wildman–Crippen LogP) is 1.37. The largest absolute Gasteiger partial charge is 0.503 e. The molecule has 1 aromatic rings. The molecule has 0 aromatic heterocycles. The minimum absolute atomic E-state index is 0.00177. The third kappa shape index (κ3) is 3.66. The quantitative estimate of drug-likeness (QED) is 0.838. The molecule has 0 aliphatic carbocycles. The average Bonchev–Trinajstić information content (AvgIpc) is 2.24. The van der Waals surface area contributed by atoms with E-state index in [2.05, 4.69) is 0 Å². The number of carbonyl (C=O) groups is 1. The molecule has 0 atom stereocenters. The van der Waals surface area contributed by atoms with E-state index in [0.29, 0.717) is 5.56 Å². The van der Waals surface area contributed by atoms with Gasteiger partial charge in [0.25, 0.3) is 0 Å². The number of rotatable bonds is 5. The van der Waals surface area contributed by atoms with E-state index in [1.54, 1.807) is 4.90 Å². The van der Waals surface area contributed by atoms with E-state index in [-0.39, 0.29) is 19.1 Å². The Balaban J connectivity index is 2.90. The molecule has 0 spiro atoms. The Morgan fingerprint density at radius 3 is 2.28 bits per heavy atom. The summed E-state index contributed by atoms with van der Waals surface area (Å²) in [6.07, 6.45) is 0. The van der Waals surface area contributed by atoms with Gasteiger partial charge in [-0.25, -0.2) is 8.78 Å². The third-order valence-electron chi connectivity index (χ3n) is 2.55. The molecule has 1 amide bonds. The van der Waals surface area contributed by atoms with Crippen molar-refractivity contribution in [3.63, 3.8) is 0 Å². The third-order valence-corrected chi connectivity index (χ3v) is 2.55. The van der Waals surface area contributed by atoms with Crippen LogP contribution in [-0.2, 0) is 11.3 Å². The molecule has 0 saturated carbocycles. The molecule has 0 heterocycles. The van der Waals surface area contributed by atoms with Crippen LogP contribution in [0.25, 0.3) is 0 Å². The molecule has 4 nitrogen and oxygen atoms in total. The summed E-state index contributed by atoms with van der Waals surface area (Å²) in [5.41, 5.74) is 5.43. The minimum Gasteiger partial charge on any atom is -0.503 e. The van der Waals surface area contributed by atoms with Crippen LogP contribution in [0.1, 0.15) is 19.4 Å². The Hall–Kier alpha value is -1.69. The highest BCUT2D eigenvalue weighted by Crippen LogP contribution is 2.22. The summed E-state index contributed by atoms with van der Waals surface area (Å²) in [4.78, 5) is 12.6. The summed E-state index contributed by atoms with van der Waals surface area (Å²) in [6, 6.07) is 2.07. The standard InChI is InChI=1S/C12H16F2N2O2/c1-7(2)16(6-11(15)17)5-8-3-9(13)12(18)10(14)4-8/h3-4,7,18H,5-6H2,1-2H3,(H2,15,17). The Morgan fingerprint density at radius 2 is 1.89 bits per heavy atom. The lowest BCUT2D eigenvalue weighted by Crippen LogP contribution is -2.38. The van der Waals surface area contributed by atoms with Crippen molar-refractivity contribution >= 4 is 5.91 Å². The topological polar surface area (TPSA) is 66.6 Å². The SMILES string of the molecule is CC(C)N(CC(N)=O)Cc1cc(F)c(O)c(F)c1. The molecule has 1 aromatic carbocycles. The number of hydrogen-bond donors (Lipinski definition) is 2. The van der Waals surface area contributed by atoms with Gasteiger partial charge < -0.3 is 10.8 Å². The fraction of sp³-hybridized carbons (Fsp3) is 0.417. The second-order valence-electron chi connectivity index (χ2n) is 4.37. The number of primary amides is 1. The van der Waals surface area contributed by atoms with Gasteiger partial charge in [0.2, 0.25) is 5.91 Å². The van der Waals surface area contributed by atoms with Crippen molar-refractivity contribution in [2.45, 2.75) is 26.4 Å². The molecule has 6 heteroatoms. The van der Waals surface area contributed by atoms with Crippen molar-refractivity contribution in [1.82, 2.24) is 4.90 Å². The molecule has 1 rings (SSSR count). The summed E-state index contributed by atoms with van der Waals surface area (Å²) < 4.78 is 26.3. The molecule has 0 aliphatic heterocycles. The number of nitrogens with zero attached hydrogens (tertiary/aromatic N) is 1. The van der Waals surface area contributed by atoms with Gasteiger partial charge in [0.1, 0.15) is 0 Å². The first kappa shape index (κ1) is 14.4. The predicted molar refractivity (Wildman–Crippen MR) is 62.8 cm³/mol. The lowest BCUT2D eigenvalue weighted by atomic mass is 10.1. The average molecular weight is 258 g/mol. The number of nitrogens with two attached hydrogens (primary N) is 1. The molecule has 3 N–H and O–H groups in total. The summed E-state index contributed by atoms with van der Waals surface area (Å²) in [6.45, 7) is 3.86. The van der Waals surface area contributed by atoms with Crippen molar-refractivity contribution in [1.29, 1.82) is 0 Å². The van der Waals surface area contributed by atoms with Gasteiger partial charge in [-0.15, -0.1) is 0 Å². The Kier molecular flexibility index (Phi) is 4.61. The first-order valence-corrected chi connectivity index (χ1v) is 5.50. The zero-order chi connectivity index (χ0) is 13.9. The van der Waals surface area contributed by atoms with Crippen LogP contribution in [0.2, 0.25) is 0 Å². The Morgan fingerprint density at radius 1 is 1.39 bits per heavy atom.